The van der Waals surface area contributed by atoms with E-state index in [0.717, 1.165) is 18.4 Å². The summed E-state index contributed by atoms with van der Waals surface area (Å²) in [5, 5.41) is 7.13. The minimum absolute atomic E-state index is 0.00507. The van der Waals surface area contributed by atoms with Crippen LogP contribution in [0, 0.1) is 11.3 Å². The van der Waals surface area contributed by atoms with Crippen LogP contribution in [0.3, 0.4) is 0 Å². The quantitative estimate of drug-likeness (QED) is 0.454. The van der Waals surface area contributed by atoms with Crippen molar-refractivity contribution in [3.63, 3.8) is 0 Å². The van der Waals surface area contributed by atoms with Crippen LogP contribution in [0.25, 0.3) is 0 Å². The van der Waals surface area contributed by atoms with Crippen LogP contribution in [0.2, 0.25) is 5.02 Å². The summed E-state index contributed by atoms with van der Waals surface area (Å²) in [5.41, 5.74) is 3.32. The smallest absolute Gasteiger partial charge is 0.409 e. The van der Waals surface area contributed by atoms with Crippen molar-refractivity contribution in [1.29, 1.82) is 0 Å². The van der Waals surface area contributed by atoms with Gasteiger partial charge in [-0.2, -0.15) is 0 Å². The van der Waals surface area contributed by atoms with Gasteiger partial charge >= 0.3 is 6.09 Å². The highest BCUT2D eigenvalue weighted by atomic mass is 35.5. The minimum atomic E-state index is -0.677. The monoisotopic (exact) mass is 606 g/mol. The number of hydrogen-bond donors (Lipinski definition) is 2. The van der Waals surface area contributed by atoms with Crippen molar-refractivity contribution in [3.05, 3.63) is 70.2 Å². The van der Waals surface area contributed by atoms with E-state index in [1.54, 1.807) is 0 Å². The fourth-order valence-electron chi connectivity index (χ4n) is 7.72. The molecule has 1 saturated carbocycles. The number of benzene rings is 2. The summed E-state index contributed by atoms with van der Waals surface area (Å²) in [4.78, 5) is 44.0. The molecule has 0 unspecified atom stereocenters. The van der Waals surface area contributed by atoms with Gasteiger partial charge in [0.1, 0.15) is 12.6 Å². The Morgan fingerprint density at radius 3 is 2.42 bits per heavy atom. The molecule has 2 aromatic rings. The van der Waals surface area contributed by atoms with Crippen LogP contribution in [0.4, 0.5) is 4.79 Å². The lowest BCUT2D eigenvalue weighted by Crippen LogP contribution is -2.58. The van der Waals surface area contributed by atoms with Crippen LogP contribution < -0.4 is 10.6 Å². The van der Waals surface area contributed by atoms with Crippen molar-refractivity contribution in [1.82, 2.24) is 20.4 Å². The molecule has 9 heteroatoms. The molecule has 230 valence electrons. The van der Waals surface area contributed by atoms with Crippen molar-refractivity contribution in [2.75, 3.05) is 32.8 Å². The first-order chi connectivity index (χ1) is 20.9. The number of likely N-dealkylation sites (tertiary alicyclic amines) is 1. The zero-order chi connectivity index (χ0) is 29.8. The number of ether oxygens (including phenoxy) is 1. The number of piperidine rings is 1. The minimum Gasteiger partial charge on any atom is -0.448 e. The first kappa shape index (κ1) is 29.9. The highest BCUT2D eigenvalue weighted by Gasteiger charge is 2.46. The summed E-state index contributed by atoms with van der Waals surface area (Å²) in [6.07, 6.45) is 8.60. The van der Waals surface area contributed by atoms with E-state index >= 15 is 0 Å². The number of halogens is 1. The van der Waals surface area contributed by atoms with Gasteiger partial charge in [-0.3, -0.25) is 9.59 Å². The molecule has 0 aromatic heterocycles. The second kappa shape index (κ2) is 13.3. The van der Waals surface area contributed by atoms with Crippen LogP contribution in [-0.2, 0) is 33.7 Å². The van der Waals surface area contributed by atoms with Gasteiger partial charge in [-0.15, -0.1) is 0 Å². The summed E-state index contributed by atoms with van der Waals surface area (Å²) in [7, 11) is 0. The van der Waals surface area contributed by atoms with Crippen LogP contribution >= 0.6 is 11.6 Å². The summed E-state index contributed by atoms with van der Waals surface area (Å²) in [5.74, 6) is 0.358. The third kappa shape index (κ3) is 6.86. The molecule has 6 rings (SSSR count). The van der Waals surface area contributed by atoms with Gasteiger partial charge in [-0.05, 0) is 72.3 Å². The lowest BCUT2D eigenvalue weighted by molar-refractivity contribution is -0.139. The lowest BCUT2D eigenvalue weighted by atomic mass is 9.63. The molecule has 2 atom stereocenters. The SMILES string of the molecule is O=C(N[C@H](Cc1ccc(Cl)cc1)C(=O)N1CCC(CN2CCOC2=O)(C2CCCCC2)CC1)[C@H]1Cc2ccccc2CN1. The molecule has 1 aliphatic carbocycles. The number of carbonyl (C=O) groups excluding carboxylic acids is 3. The third-order valence-corrected chi connectivity index (χ3v) is 10.5. The molecular formula is C34H43ClN4O4. The van der Waals surface area contributed by atoms with E-state index in [1.165, 1.54) is 43.2 Å². The molecule has 0 spiro atoms. The molecule has 2 saturated heterocycles. The zero-order valence-corrected chi connectivity index (χ0v) is 25.6. The normalized spacial score (nSPS) is 22.9. The summed E-state index contributed by atoms with van der Waals surface area (Å²) in [6, 6.07) is 14.6. The Hall–Kier alpha value is -3.10. The van der Waals surface area contributed by atoms with E-state index in [0.29, 0.717) is 63.1 Å². The van der Waals surface area contributed by atoms with Gasteiger partial charge in [0.25, 0.3) is 0 Å². The van der Waals surface area contributed by atoms with E-state index in [2.05, 4.69) is 22.8 Å². The molecule has 3 fully saturated rings. The molecule has 2 aromatic carbocycles. The maximum absolute atomic E-state index is 14.2. The van der Waals surface area contributed by atoms with Crippen LogP contribution in [-0.4, -0.2) is 72.6 Å². The van der Waals surface area contributed by atoms with E-state index in [4.69, 9.17) is 16.3 Å². The number of carbonyl (C=O) groups is 3. The molecule has 3 aliphatic heterocycles. The van der Waals surface area contributed by atoms with Crippen LogP contribution in [0.15, 0.2) is 48.5 Å². The molecule has 0 radical (unpaired) electrons. The van der Waals surface area contributed by atoms with E-state index in [9.17, 15) is 14.4 Å². The first-order valence-electron chi connectivity index (χ1n) is 16.0. The fraction of sp³-hybridized carbons (Fsp3) is 0.559. The van der Waals surface area contributed by atoms with E-state index in [-0.39, 0.29) is 23.3 Å². The topological polar surface area (TPSA) is 91.0 Å². The molecule has 0 bridgehead atoms. The van der Waals surface area contributed by atoms with Crippen molar-refractivity contribution < 1.29 is 19.1 Å². The van der Waals surface area contributed by atoms with Gasteiger partial charge in [0.2, 0.25) is 11.8 Å². The van der Waals surface area contributed by atoms with Gasteiger partial charge in [-0.25, -0.2) is 4.79 Å². The van der Waals surface area contributed by atoms with Crippen LogP contribution in [0.1, 0.15) is 61.6 Å². The Morgan fingerprint density at radius 1 is 1.00 bits per heavy atom. The predicted molar refractivity (Wildman–Crippen MR) is 166 cm³/mol. The fourth-order valence-corrected chi connectivity index (χ4v) is 7.85. The molecule has 4 aliphatic rings. The Balaban J connectivity index is 1.16. The maximum atomic E-state index is 14.2. The van der Waals surface area contributed by atoms with Gasteiger partial charge in [-0.1, -0.05) is 67.3 Å². The Morgan fingerprint density at radius 2 is 1.72 bits per heavy atom. The number of rotatable bonds is 8. The third-order valence-electron chi connectivity index (χ3n) is 10.3. The van der Waals surface area contributed by atoms with Crippen LogP contribution in [0.5, 0.6) is 0 Å². The number of cyclic esters (lactones) is 1. The Bertz CT molecular complexity index is 1300. The van der Waals surface area contributed by atoms with Gasteiger partial charge < -0.3 is 25.2 Å². The van der Waals surface area contributed by atoms with Crippen molar-refractivity contribution in [2.24, 2.45) is 11.3 Å². The lowest BCUT2D eigenvalue weighted by Gasteiger charge is -2.49. The van der Waals surface area contributed by atoms with E-state index in [1.807, 2.05) is 46.2 Å². The Kier molecular flexibility index (Phi) is 9.24. The molecule has 8 nitrogen and oxygen atoms in total. The zero-order valence-electron chi connectivity index (χ0n) is 24.9. The average Bonchev–Trinajstić information content (AvgIpc) is 3.45. The molecule has 2 N–H and O–H groups in total. The molecule has 3 heterocycles. The maximum Gasteiger partial charge on any atom is 0.409 e. The predicted octanol–water partition coefficient (Wildman–Crippen LogP) is 4.72. The highest BCUT2D eigenvalue weighted by molar-refractivity contribution is 6.30. The molecular weight excluding hydrogens is 564 g/mol. The van der Waals surface area contributed by atoms with Gasteiger partial charge in [0, 0.05) is 37.6 Å². The van der Waals surface area contributed by atoms with Crippen molar-refractivity contribution in [3.8, 4) is 0 Å². The summed E-state index contributed by atoms with van der Waals surface area (Å²) >= 11 is 6.13. The average molecular weight is 607 g/mol. The second-order valence-corrected chi connectivity index (χ2v) is 13.3. The number of nitrogens with zero attached hydrogens (tertiary/aromatic N) is 2. The van der Waals surface area contributed by atoms with Gasteiger partial charge in [0.15, 0.2) is 0 Å². The van der Waals surface area contributed by atoms with E-state index < -0.39 is 12.1 Å². The van der Waals surface area contributed by atoms with Crippen molar-refractivity contribution >= 4 is 29.5 Å². The summed E-state index contributed by atoms with van der Waals surface area (Å²) in [6.45, 7) is 3.69. The highest BCUT2D eigenvalue weighted by Crippen LogP contribution is 2.47. The van der Waals surface area contributed by atoms with Gasteiger partial charge in [0.05, 0.1) is 12.6 Å². The molecule has 3 amide bonds. The number of hydrogen-bond acceptors (Lipinski definition) is 5. The standard InChI is InChI=1S/C34H43ClN4O4/c35-28-12-10-24(11-13-28)20-30(37-31(40)29-21-25-6-4-5-7-26(25)22-36-29)32(41)38-16-14-34(15-17-38,27-8-2-1-3-9-27)23-39-18-19-43-33(39)42/h4-7,10-13,27,29-30,36H,1-3,8-9,14-23H2,(H,37,40)/t29-,30-/m1/s1. The second-order valence-electron chi connectivity index (χ2n) is 12.9. The number of nitrogens with one attached hydrogen (secondary N) is 2. The number of fused-ring (bicyclic) bond motifs is 1. The van der Waals surface area contributed by atoms with Crippen molar-refractivity contribution in [2.45, 2.75) is 76.4 Å². The summed E-state index contributed by atoms with van der Waals surface area (Å²) < 4.78 is 5.27. The largest absolute Gasteiger partial charge is 0.448 e. The molecule has 43 heavy (non-hydrogen) atoms. The number of amides is 3. The first-order valence-corrected chi connectivity index (χ1v) is 16.3. The Labute approximate surface area is 259 Å².